The van der Waals surface area contributed by atoms with Crippen LogP contribution in [0.25, 0.3) is 0 Å². The second-order valence-electron chi connectivity index (χ2n) is 5.01. The van der Waals surface area contributed by atoms with Gasteiger partial charge in [-0.05, 0) is 30.5 Å². The minimum Gasteiger partial charge on any atom is -0.366 e. The van der Waals surface area contributed by atoms with Crippen LogP contribution in [0.3, 0.4) is 0 Å². The highest BCUT2D eigenvalue weighted by Gasteiger charge is 2.21. The third kappa shape index (κ3) is 3.92. The van der Waals surface area contributed by atoms with Crippen LogP contribution in [0.15, 0.2) is 36.7 Å². The van der Waals surface area contributed by atoms with Crippen LogP contribution in [0.5, 0.6) is 0 Å². The molecule has 1 aliphatic carbocycles. The first-order valence-electron chi connectivity index (χ1n) is 6.82. The Hall–Kier alpha value is -2.14. The van der Waals surface area contributed by atoms with Crippen molar-refractivity contribution in [2.45, 2.75) is 25.4 Å². The van der Waals surface area contributed by atoms with E-state index in [1.54, 1.807) is 18.3 Å². The molecule has 2 N–H and O–H groups in total. The molecule has 1 fully saturated rings. The zero-order valence-electron chi connectivity index (χ0n) is 11.3. The van der Waals surface area contributed by atoms with Gasteiger partial charge in [0.15, 0.2) is 0 Å². The molecule has 1 amide bonds. The molecule has 1 aromatic heterocycles. The molecule has 0 unspecified atom stereocenters. The summed E-state index contributed by atoms with van der Waals surface area (Å²) in [4.78, 5) is 20.3. The molecule has 108 valence electrons. The van der Waals surface area contributed by atoms with Gasteiger partial charge in [0.1, 0.15) is 11.5 Å². The minimum atomic E-state index is -0.240. The lowest BCUT2D eigenvalue weighted by Gasteiger charge is -2.06. The van der Waals surface area contributed by atoms with Crippen molar-refractivity contribution >= 4 is 23.3 Å². The number of hydrogen-bond acceptors (Lipinski definition) is 4. The molecule has 0 atom stereocenters. The highest BCUT2D eigenvalue weighted by molar-refractivity contribution is 6.30. The number of amides is 1. The first kappa shape index (κ1) is 13.8. The second-order valence-corrected chi connectivity index (χ2v) is 5.45. The van der Waals surface area contributed by atoms with Gasteiger partial charge in [-0.25, -0.2) is 9.97 Å². The van der Waals surface area contributed by atoms with Crippen LogP contribution in [-0.2, 0) is 6.54 Å². The van der Waals surface area contributed by atoms with Gasteiger partial charge in [-0.3, -0.25) is 4.79 Å². The van der Waals surface area contributed by atoms with Gasteiger partial charge in [-0.1, -0.05) is 23.7 Å². The second kappa shape index (κ2) is 6.10. The zero-order chi connectivity index (χ0) is 14.7. The third-order valence-electron chi connectivity index (χ3n) is 3.18. The fraction of sp³-hybridized carbons (Fsp3) is 0.267. The van der Waals surface area contributed by atoms with E-state index in [0.29, 0.717) is 29.1 Å². The summed E-state index contributed by atoms with van der Waals surface area (Å²) in [6, 6.07) is 7.85. The summed E-state index contributed by atoms with van der Waals surface area (Å²) >= 11 is 5.81. The number of rotatable bonds is 5. The van der Waals surface area contributed by atoms with Crippen LogP contribution >= 0.6 is 11.6 Å². The SMILES string of the molecule is O=C(NCc1ccc(Cl)cc1)c1cnc(NC2CC2)cn1. The largest absolute Gasteiger partial charge is 0.366 e. The Balaban J connectivity index is 1.55. The molecule has 1 aliphatic rings. The fourth-order valence-electron chi connectivity index (χ4n) is 1.83. The first-order valence-corrected chi connectivity index (χ1v) is 7.20. The lowest BCUT2D eigenvalue weighted by molar-refractivity contribution is 0.0945. The summed E-state index contributed by atoms with van der Waals surface area (Å²) in [6.45, 7) is 0.430. The quantitative estimate of drug-likeness (QED) is 0.891. The molecule has 1 saturated carbocycles. The van der Waals surface area contributed by atoms with Crippen LogP contribution in [-0.4, -0.2) is 21.9 Å². The predicted molar refractivity (Wildman–Crippen MR) is 81.3 cm³/mol. The third-order valence-corrected chi connectivity index (χ3v) is 3.43. The number of hydrogen-bond donors (Lipinski definition) is 2. The van der Waals surface area contributed by atoms with E-state index in [0.717, 1.165) is 5.56 Å². The van der Waals surface area contributed by atoms with E-state index in [2.05, 4.69) is 20.6 Å². The Morgan fingerprint density at radius 2 is 1.95 bits per heavy atom. The maximum atomic E-state index is 12.0. The van der Waals surface area contributed by atoms with Gasteiger partial charge in [0.25, 0.3) is 5.91 Å². The number of carbonyl (C=O) groups is 1. The number of nitrogens with zero attached hydrogens (tertiary/aromatic N) is 2. The smallest absolute Gasteiger partial charge is 0.271 e. The Morgan fingerprint density at radius 3 is 2.57 bits per heavy atom. The van der Waals surface area contributed by atoms with Gasteiger partial charge in [-0.15, -0.1) is 0 Å². The summed E-state index contributed by atoms with van der Waals surface area (Å²) in [5.41, 5.74) is 1.29. The predicted octanol–water partition coefficient (Wildman–Crippen LogP) is 2.63. The lowest BCUT2D eigenvalue weighted by Crippen LogP contribution is -2.24. The fourth-order valence-corrected chi connectivity index (χ4v) is 1.96. The van der Waals surface area contributed by atoms with Crippen LogP contribution < -0.4 is 10.6 Å². The molecule has 0 radical (unpaired) electrons. The van der Waals surface area contributed by atoms with Crippen molar-refractivity contribution in [3.05, 3.63) is 52.9 Å². The number of anilines is 1. The normalized spacial score (nSPS) is 13.8. The number of aromatic nitrogens is 2. The van der Waals surface area contributed by atoms with Gasteiger partial charge in [0, 0.05) is 17.6 Å². The van der Waals surface area contributed by atoms with Crippen LogP contribution in [0.2, 0.25) is 5.02 Å². The number of halogens is 1. The van der Waals surface area contributed by atoms with E-state index < -0.39 is 0 Å². The maximum absolute atomic E-state index is 12.0. The van der Waals surface area contributed by atoms with Gasteiger partial charge in [0.2, 0.25) is 0 Å². The summed E-state index contributed by atoms with van der Waals surface area (Å²) in [5.74, 6) is 0.474. The molecular formula is C15H15ClN4O. The minimum absolute atomic E-state index is 0.240. The molecular weight excluding hydrogens is 288 g/mol. The van der Waals surface area contributed by atoms with Gasteiger partial charge >= 0.3 is 0 Å². The summed E-state index contributed by atoms with van der Waals surface area (Å²) in [6.07, 6.45) is 5.42. The van der Waals surface area contributed by atoms with Crippen molar-refractivity contribution in [1.29, 1.82) is 0 Å². The van der Waals surface area contributed by atoms with Crippen LogP contribution in [0.4, 0.5) is 5.82 Å². The van der Waals surface area contributed by atoms with E-state index in [9.17, 15) is 4.79 Å². The molecule has 1 heterocycles. The molecule has 0 spiro atoms. The number of nitrogens with one attached hydrogen (secondary N) is 2. The van der Waals surface area contributed by atoms with Crippen molar-refractivity contribution in [3.8, 4) is 0 Å². The molecule has 5 nitrogen and oxygen atoms in total. The van der Waals surface area contributed by atoms with E-state index in [1.165, 1.54) is 19.0 Å². The van der Waals surface area contributed by atoms with Crippen LogP contribution in [0.1, 0.15) is 28.9 Å². The van der Waals surface area contributed by atoms with Crippen LogP contribution in [0, 0.1) is 0 Å². The standard InChI is InChI=1S/C15H15ClN4O/c16-11-3-1-10(2-4-11)7-19-15(21)13-8-18-14(9-17-13)20-12-5-6-12/h1-4,8-9,12H,5-7H2,(H,18,20)(H,19,21). The summed E-state index contributed by atoms with van der Waals surface area (Å²) < 4.78 is 0. The molecule has 0 saturated heterocycles. The van der Waals surface area contributed by atoms with Crippen molar-refractivity contribution in [3.63, 3.8) is 0 Å². The Bertz CT molecular complexity index is 623. The monoisotopic (exact) mass is 302 g/mol. The molecule has 2 aromatic rings. The van der Waals surface area contributed by atoms with Gasteiger partial charge in [0.05, 0.1) is 12.4 Å². The number of carbonyl (C=O) groups excluding carboxylic acids is 1. The summed E-state index contributed by atoms with van der Waals surface area (Å²) in [5, 5.41) is 6.71. The molecule has 1 aromatic carbocycles. The summed E-state index contributed by atoms with van der Waals surface area (Å²) in [7, 11) is 0. The highest BCUT2D eigenvalue weighted by atomic mass is 35.5. The molecule has 3 rings (SSSR count). The van der Waals surface area contributed by atoms with E-state index in [4.69, 9.17) is 11.6 Å². The number of benzene rings is 1. The average molecular weight is 303 g/mol. The van der Waals surface area contributed by atoms with E-state index in [-0.39, 0.29) is 5.91 Å². The molecule has 0 aliphatic heterocycles. The first-order chi connectivity index (χ1) is 10.2. The average Bonchev–Trinajstić information content (AvgIpc) is 3.31. The zero-order valence-corrected chi connectivity index (χ0v) is 12.1. The van der Waals surface area contributed by atoms with Gasteiger partial charge < -0.3 is 10.6 Å². The van der Waals surface area contributed by atoms with Crippen molar-refractivity contribution in [2.24, 2.45) is 0 Å². The Kier molecular flexibility index (Phi) is 4.01. The lowest BCUT2D eigenvalue weighted by atomic mass is 10.2. The van der Waals surface area contributed by atoms with E-state index in [1.807, 2.05) is 12.1 Å². The maximum Gasteiger partial charge on any atom is 0.271 e. The van der Waals surface area contributed by atoms with E-state index >= 15 is 0 Å². The molecule has 21 heavy (non-hydrogen) atoms. The van der Waals surface area contributed by atoms with Crippen molar-refractivity contribution in [1.82, 2.24) is 15.3 Å². The Labute approximate surface area is 127 Å². The van der Waals surface area contributed by atoms with Gasteiger partial charge in [-0.2, -0.15) is 0 Å². The molecule has 6 heteroatoms. The van der Waals surface area contributed by atoms with Crippen molar-refractivity contribution < 1.29 is 4.79 Å². The molecule has 0 bridgehead atoms. The highest BCUT2D eigenvalue weighted by Crippen LogP contribution is 2.23. The van der Waals surface area contributed by atoms with Crippen molar-refractivity contribution in [2.75, 3.05) is 5.32 Å². The topological polar surface area (TPSA) is 66.9 Å². The Morgan fingerprint density at radius 1 is 1.19 bits per heavy atom.